The zero-order valence-electron chi connectivity index (χ0n) is 20.8. The van der Waals surface area contributed by atoms with Crippen LogP contribution in [0.15, 0.2) is 47.4 Å². The monoisotopic (exact) mass is 506 g/mol. The Bertz CT molecular complexity index is 1450. The fraction of sp³-hybridized carbons (Fsp3) is 0.346. The van der Waals surface area contributed by atoms with Crippen LogP contribution in [0.25, 0.3) is 16.9 Å². The largest absolute Gasteiger partial charge is 0.321 e. The van der Waals surface area contributed by atoms with Crippen LogP contribution in [-0.4, -0.2) is 54.9 Å². The molecule has 186 valence electrons. The van der Waals surface area contributed by atoms with Crippen molar-refractivity contribution in [3.05, 3.63) is 64.5 Å². The Balaban J connectivity index is 1.53. The lowest BCUT2D eigenvalue weighted by molar-refractivity contribution is -0.129. The number of hydrogen-bond donors (Lipinski definition) is 0. The summed E-state index contributed by atoms with van der Waals surface area (Å²) >= 11 is 1.42. The average Bonchev–Trinajstić information content (AvgIpc) is 3.49. The Morgan fingerprint density at radius 2 is 1.86 bits per heavy atom. The van der Waals surface area contributed by atoms with Crippen molar-refractivity contribution in [2.24, 2.45) is 0 Å². The summed E-state index contributed by atoms with van der Waals surface area (Å²) in [6.07, 6.45) is 1.60. The van der Waals surface area contributed by atoms with E-state index in [1.165, 1.54) is 23.5 Å². The minimum absolute atomic E-state index is 0.191. The van der Waals surface area contributed by atoms with E-state index in [2.05, 4.69) is 35.8 Å². The van der Waals surface area contributed by atoms with Gasteiger partial charge in [0.25, 0.3) is 11.8 Å². The van der Waals surface area contributed by atoms with Crippen LogP contribution in [-0.2, 0) is 10.2 Å². The fourth-order valence-electron chi connectivity index (χ4n) is 4.47. The highest BCUT2D eigenvalue weighted by atomic mass is 32.1. The lowest BCUT2D eigenvalue weighted by Gasteiger charge is -2.44. The molecule has 0 bridgehead atoms. The van der Waals surface area contributed by atoms with Crippen LogP contribution in [0.3, 0.4) is 0 Å². The second-order valence-electron chi connectivity index (χ2n) is 10.4. The minimum Gasteiger partial charge on any atom is -0.321 e. The first-order chi connectivity index (χ1) is 17.0. The average molecular weight is 507 g/mol. The molecule has 0 N–H and O–H groups in total. The van der Waals surface area contributed by atoms with E-state index in [9.17, 15) is 14.0 Å². The van der Waals surface area contributed by atoms with E-state index in [1.807, 2.05) is 11.4 Å². The SMILES string of the molecule is CC(C)(C)c1cc(-c2ccc(F)cc2)nn2cc(C(=O)N3CCN(c4cscn4)C(=O)C3(C)C)nc12. The molecule has 4 aromatic rings. The van der Waals surface area contributed by atoms with Crippen LogP contribution < -0.4 is 4.90 Å². The predicted molar refractivity (Wildman–Crippen MR) is 137 cm³/mol. The van der Waals surface area contributed by atoms with Crippen molar-refractivity contribution in [1.29, 1.82) is 0 Å². The molecule has 1 aromatic carbocycles. The number of piperazine rings is 1. The highest BCUT2D eigenvalue weighted by Gasteiger charge is 2.46. The van der Waals surface area contributed by atoms with E-state index in [4.69, 9.17) is 0 Å². The van der Waals surface area contributed by atoms with Crippen LogP contribution in [0.2, 0.25) is 0 Å². The quantitative estimate of drug-likeness (QED) is 0.407. The van der Waals surface area contributed by atoms with Gasteiger partial charge in [-0.25, -0.2) is 18.9 Å². The van der Waals surface area contributed by atoms with E-state index in [0.717, 1.165) is 11.1 Å². The third-order valence-electron chi connectivity index (χ3n) is 6.52. The van der Waals surface area contributed by atoms with Crippen molar-refractivity contribution in [2.75, 3.05) is 18.0 Å². The number of benzene rings is 1. The maximum absolute atomic E-state index is 13.7. The van der Waals surface area contributed by atoms with Gasteiger partial charge < -0.3 is 4.90 Å². The number of halogens is 1. The Kier molecular flexibility index (Phi) is 5.66. The van der Waals surface area contributed by atoms with Gasteiger partial charge in [0, 0.05) is 29.6 Å². The molecule has 1 aliphatic rings. The molecular weight excluding hydrogens is 479 g/mol. The molecule has 0 saturated carbocycles. The molecule has 1 saturated heterocycles. The van der Waals surface area contributed by atoms with Gasteiger partial charge in [0.15, 0.2) is 5.65 Å². The van der Waals surface area contributed by atoms with Crippen LogP contribution in [0.5, 0.6) is 0 Å². The van der Waals surface area contributed by atoms with Gasteiger partial charge in [-0.2, -0.15) is 5.10 Å². The molecule has 1 aliphatic heterocycles. The van der Waals surface area contributed by atoms with E-state index >= 15 is 0 Å². The summed E-state index contributed by atoms with van der Waals surface area (Å²) < 4.78 is 15.1. The van der Waals surface area contributed by atoms with Gasteiger partial charge in [0.2, 0.25) is 0 Å². The van der Waals surface area contributed by atoms with Gasteiger partial charge >= 0.3 is 0 Å². The van der Waals surface area contributed by atoms with Gasteiger partial charge in [0.05, 0.1) is 17.4 Å². The van der Waals surface area contributed by atoms with E-state index in [1.54, 1.807) is 52.0 Å². The van der Waals surface area contributed by atoms with Gasteiger partial charge in [-0.05, 0) is 49.6 Å². The number of imidazole rings is 1. The number of hydrogen-bond acceptors (Lipinski definition) is 6. The lowest BCUT2D eigenvalue weighted by Crippen LogP contribution is -2.64. The van der Waals surface area contributed by atoms with Crippen LogP contribution in [0.1, 0.15) is 50.7 Å². The number of carbonyl (C=O) groups excluding carboxylic acids is 2. The van der Waals surface area contributed by atoms with Gasteiger partial charge in [0.1, 0.15) is 22.9 Å². The van der Waals surface area contributed by atoms with Gasteiger partial charge in [-0.15, -0.1) is 11.3 Å². The number of amides is 2. The number of carbonyl (C=O) groups is 2. The number of nitrogens with zero attached hydrogens (tertiary/aromatic N) is 6. The fourth-order valence-corrected chi connectivity index (χ4v) is 5.01. The topological polar surface area (TPSA) is 83.7 Å². The molecular formula is C26H27FN6O2S. The second-order valence-corrected chi connectivity index (χ2v) is 11.1. The van der Waals surface area contributed by atoms with Crippen LogP contribution in [0, 0.1) is 5.82 Å². The van der Waals surface area contributed by atoms with Crippen molar-refractivity contribution in [3.63, 3.8) is 0 Å². The molecule has 10 heteroatoms. The summed E-state index contributed by atoms with van der Waals surface area (Å²) in [7, 11) is 0. The summed E-state index contributed by atoms with van der Waals surface area (Å²) in [6.45, 7) is 10.4. The van der Waals surface area contributed by atoms with E-state index in [-0.39, 0.29) is 28.7 Å². The zero-order valence-corrected chi connectivity index (χ0v) is 21.6. The molecule has 0 aliphatic carbocycles. The summed E-state index contributed by atoms with van der Waals surface area (Å²) in [5, 5.41) is 6.50. The van der Waals surface area contributed by atoms with Crippen molar-refractivity contribution in [2.45, 2.75) is 45.6 Å². The number of thiazole rings is 1. The first-order valence-corrected chi connectivity index (χ1v) is 12.6. The predicted octanol–water partition coefficient (Wildman–Crippen LogP) is 4.56. The lowest BCUT2D eigenvalue weighted by atomic mass is 9.87. The molecule has 0 atom stereocenters. The smallest absolute Gasteiger partial charge is 0.275 e. The van der Waals surface area contributed by atoms with Crippen molar-refractivity contribution < 1.29 is 14.0 Å². The first-order valence-electron chi connectivity index (χ1n) is 11.7. The van der Waals surface area contributed by atoms with Crippen molar-refractivity contribution >= 4 is 34.6 Å². The highest BCUT2D eigenvalue weighted by molar-refractivity contribution is 7.07. The van der Waals surface area contributed by atoms with Gasteiger partial charge in [-0.3, -0.25) is 14.5 Å². The molecule has 1 fully saturated rings. The third kappa shape index (κ3) is 4.05. The Morgan fingerprint density at radius 3 is 2.50 bits per heavy atom. The Morgan fingerprint density at radius 1 is 1.14 bits per heavy atom. The van der Waals surface area contributed by atoms with E-state index < -0.39 is 5.54 Å². The summed E-state index contributed by atoms with van der Waals surface area (Å²) in [5.74, 6) is -0.243. The maximum atomic E-state index is 13.7. The number of fused-ring (bicyclic) bond motifs is 1. The molecule has 36 heavy (non-hydrogen) atoms. The number of rotatable bonds is 3. The zero-order chi connectivity index (χ0) is 25.8. The molecule has 3 aromatic heterocycles. The molecule has 2 amide bonds. The molecule has 4 heterocycles. The standard InChI is InChI=1S/C26H27FN6O2S/c1-25(2,3)18-12-19(16-6-8-17(27)9-7-16)30-33-13-20(29-22(18)33)23(34)32-11-10-31(21-14-36-15-28-21)24(35)26(32,4)5/h6-9,12-15H,10-11H2,1-5H3. The first kappa shape index (κ1) is 24.1. The Labute approximate surface area is 212 Å². The summed E-state index contributed by atoms with van der Waals surface area (Å²) in [5.41, 5.74) is 3.41. The van der Waals surface area contributed by atoms with Gasteiger partial charge in [-0.1, -0.05) is 20.8 Å². The van der Waals surface area contributed by atoms with Crippen LogP contribution >= 0.6 is 11.3 Å². The molecule has 8 nitrogen and oxygen atoms in total. The summed E-state index contributed by atoms with van der Waals surface area (Å²) in [6, 6.07) is 8.07. The molecule has 5 rings (SSSR count). The van der Waals surface area contributed by atoms with Crippen molar-refractivity contribution in [1.82, 2.24) is 24.5 Å². The molecule has 0 radical (unpaired) electrons. The second kappa shape index (κ2) is 8.48. The highest BCUT2D eigenvalue weighted by Crippen LogP contribution is 2.32. The minimum atomic E-state index is -1.08. The molecule has 0 unspecified atom stereocenters. The third-order valence-corrected chi connectivity index (χ3v) is 7.10. The van der Waals surface area contributed by atoms with Crippen molar-refractivity contribution in [3.8, 4) is 11.3 Å². The number of aromatic nitrogens is 4. The summed E-state index contributed by atoms with van der Waals surface area (Å²) in [4.78, 5) is 39.1. The maximum Gasteiger partial charge on any atom is 0.275 e. The van der Waals surface area contributed by atoms with Crippen LogP contribution in [0.4, 0.5) is 10.2 Å². The van der Waals surface area contributed by atoms with E-state index in [0.29, 0.717) is 30.2 Å². The molecule has 0 spiro atoms. The Hall–Kier alpha value is -3.66. The normalized spacial score (nSPS) is 16.1. The number of anilines is 1.